The Morgan fingerprint density at radius 2 is 2.07 bits per heavy atom. The molecule has 1 aromatic heterocycles. The third-order valence-electron chi connectivity index (χ3n) is 2.29. The first-order valence-electron chi connectivity index (χ1n) is 5.06. The molecule has 0 aromatic carbocycles. The van der Waals surface area contributed by atoms with Crippen LogP contribution in [0.1, 0.15) is 12.0 Å². The third kappa shape index (κ3) is 4.20. The molecule has 0 aliphatic carbocycles. The Balaban J connectivity index is 2.79. The molecular formula is C11H17NO2Sn. The minimum atomic E-state index is -2.04. The molecule has 0 bridgehead atoms. The van der Waals surface area contributed by atoms with Gasteiger partial charge in [-0.3, -0.25) is 0 Å². The van der Waals surface area contributed by atoms with E-state index in [1.807, 2.05) is 6.20 Å². The molecular weight excluding hydrogens is 297 g/mol. The summed E-state index contributed by atoms with van der Waals surface area (Å²) >= 11 is -2.04. The number of aryl methyl sites for hydroxylation is 1. The van der Waals surface area contributed by atoms with Gasteiger partial charge in [0.2, 0.25) is 0 Å². The minimum absolute atomic E-state index is 0.185. The number of aliphatic carboxylic acids is 1. The van der Waals surface area contributed by atoms with Crippen LogP contribution < -0.4 is 3.58 Å². The van der Waals surface area contributed by atoms with E-state index in [0.29, 0.717) is 6.42 Å². The molecule has 0 saturated carbocycles. The molecule has 0 aliphatic heterocycles. The Kier molecular flexibility index (Phi) is 4.13. The van der Waals surface area contributed by atoms with Crippen LogP contribution in [-0.4, -0.2) is 34.4 Å². The van der Waals surface area contributed by atoms with E-state index in [-0.39, 0.29) is 6.42 Å². The summed E-state index contributed by atoms with van der Waals surface area (Å²) in [5.41, 5.74) is 1.04. The van der Waals surface area contributed by atoms with Crippen LogP contribution in [0, 0.1) is 0 Å². The number of carboxylic acid groups (broad SMARTS) is 1. The number of hydrogen-bond donors (Lipinski definition) is 1. The maximum atomic E-state index is 10.4. The van der Waals surface area contributed by atoms with Gasteiger partial charge in [0.25, 0.3) is 0 Å². The first-order valence-corrected chi connectivity index (χ1v) is 15.0. The van der Waals surface area contributed by atoms with Crippen molar-refractivity contribution in [3.05, 3.63) is 24.0 Å². The molecule has 15 heavy (non-hydrogen) atoms. The molecule has 0 aliphatic rings. The topological polar surface area (TPSA) is 50.2 Å². The van der Waals surface area contributed by atoms with Gasteiger partial charge >= 0.3 is 94.5 Å². The summed E-state index contributed by atoms with van der Waals surface area (Å²) in [6.07, 6.45) is 4.47. The molecule has 0 spiro atoms. The van der Waals surface area contributed by atoms with Crippen molar-refractivity contribution in [1.82, 2.24) is 4.98 Å². The van der Waals surface area contributed by atoms with Crippen molar-refractivity contribution in [2.45, 2.75) is 27.7 Å². The number of pyridine rings is 1. The normalized spacial score (nSPS) is 11.4. The zero-order chi connectivity index (χ0) is 11.5. The van der Waals surface area contributed by atoms with Crippen molar-refractivity contribution in [3.8, 4) is 0 Å². The Hall–Kier alpha value is -0.581. The molecule has 0 fully saturated rings. The molecule has 1 heterocycles. The first kappa shape index (κ1) is 12.5. The zero-order valence-corrected chi connectivity index (χ0v) is 12.3. The zero-order valence-electron chi connectivity index (χ0n) is 9.45. The molecule has 1 rings (SSSR count). The van der Waals surface area contributed by atoms with E-state index in [9.17, 15) is 4.79 Å². The average Bonchev–Trinajstić information content (AvgIpc) is 2.14. The van der Waals surface area contributed by atoms with Crippen LogP contribution in [0.2, 0.25) is 14.8 Å². The third-order valence-corrected chi connectivity index (χ3v) is 8.01. The van der Waals surface area contributed by atoms with Crippen LogP contribution in [0.4, 0.5) is 0 Å². The van der Waals surface area contributed by atoms with Gasteiger partial charge in [0, 0.05) is 0 Å². The summed E-state index contributed by atoms with van der Waals surface area (Å²) < 4.78 is 1.35. The SMILES string of the molecule is [CH3][Sn]([CH3])([CH3])[c]1cncc(CCC(=O)O)c1. The number of carbonyl (C=O) groups is 1. The van der Waals surface area contributed by atoms with Gasteiger partial charge in [0.15, 0.2) is 0 Å². The summed E-state index contributed by atoms with van der Waals surface area (Å²) in [4.78, 5) is 21.6. The number of nitrogens with zero attached hydrogens (tertiary/aromatic N) is 1. The number of aromatic nitrogens is 1. The van der Waals surface area contributed by atoms with E-state index in [1.165, 1.54) is 3.58 Å². The van der Waals surface area contributed by atoms with Gasteiger partial charge in [-0.15, -0.1) is 0 Å². The van der Waals surface area contributed by atoms with Gasteiger partial charge in [-0.2, -0.15) is 0 Å². The van der Waals surface area contributed by atoms with Crippen molar-refractivity contribution in [2.24, 2.45) is 0 Å². The Morgan fingerprint density at radius 3 is 2.60 bits per heavy atom. The number of carboxylic acids is 1. The van der Waals surface area contributed by atoms with Crippen LogP contribution in [-0.2, 0) is 11.2 Å². The van der Waals surface area contributed by atoms with E-state index in [4.69, 9.17) is 5.11 Å². The van der Waals surface area contributed by atoms with Crippen molar-refractivity contribution < 1.29 is 9.90 Å². The second kappa shape index (κ2) is 4.96. The fraction of sp³-hybridized carbons (Fsp3) is 0.455. The van der Waals surface area contributed by atoms with Gasteiger partial charge in [0.1, 0.15) is 0 Å². The molecule has 82 valence electrons. The predicted octanol–water partition coefficient (Wildman–Crippen LogP) is 1.64. The quantitative estimate of drug-likeness (QED) is 0.860. The molecule has 0 amide bonds. The second-order valence-corrected chi connectivity index (χ2v) is 19.2. The Bertz CT molecular complexity index is 358. The summed E-state index contributed by atoms with van der Waals surface area (Å²) in [7, 11) is 0. The summed E-state index contributed by atoms with van der Waals surface area (Å²) in [6, 6.07) is 2.13. The number of rotatable bonds is 4. The van der Waals surface area contributed by atoms with Crippen molar-refractivity contribution in [2.75, 3.05) is 0 Å². The van der Waals surface area contributed by atoms with Gasteiger partial charge in [0.05, 0.1) is 0 Å². The molecule has 0 unspecified atom stereocenters. The molecule has 0 saturated heterocycles. The fourth-order valence-electron chi connectivity index (χ4n) is 1.29. The summed E-state index contributed by atoms with van der Waals surface area (Å²) in [6.45, 7) is 0. The van der Waals surface area contributed by atoms with Crippen molar-refractivity contribution in [3.63, 3.8) is 0 Å². The van der Waals surface area contributed by atoms with Crippen LogP contribution in [0.3, 0.4) is 0 Å². The van der Waals surface area contributed by atoms with Crippen molar-refractivity contribution in [1.29, 1.82) is 0 Å². The van der Waals surface area contributed by atoms with E-state index in [2.05, 4.69) is 25.9 Å². The molecule has 0 radical (unpaired) electrons. The van der Waals surface area contributed by atoms with E-state index in [1.54, 1.807) is 6.20 Å². The second-order valence-electron chi connectivity index (χ2n) is 4.73. The van der Waals surface area contributed by atoms with Crippen LogP contribution in [0.5, 0.6) is 0 Å². The monoisotopic (exact) mass is 315 g/mol. The number of hydrogen-bond acceptors (Lipinski definition) is 2. The van der Waals surface area contributed by atoms with Gasteiger partial charge < -0.3 is 0 Å². The van der Waals surface area contributed by atoms with Gasteiger partial charge in [-0.25, -0.2) is 0 Å². The van der Waals surface area contributed by atoms with E-state index < -0.39 is 24.3 Å². The predicted molar refractivity (Wildman–Crippen MR) is 63.2 cm³/mol. The first-order chi connectivity index (χ1) is 6.89. The van der Waals surface area contributed by atoms with Crippen LogP contribution in [0.15, 0.2) is 18.5 Å². The molecule has 0 atom stereocenters. The van der Waals surface area contributed by atoms with E-state index >= 15 is 0 Å². The molecule has 4 heteroatoms. The van der Waals surface area contributed by atoms with Gasteiger partial charge in [-0.05, 0) is 0 Å². The summed E-state index contributed by atoms with van der Waals surface area (Å²) in [5.74, 6) is -0.750. The Labute approximate surface area is 94.4 Å². The molecule has 1 aromatic rings. The Morgan fingerprint density at radius 1 is 1.40 bits per heavy atom. The fourth-order valence-corrected chi connectivity index (χ4v) is 4.37. The molecule has 1 N–H and O–H groups in total. The molecule has 3 nitrogen and oxygen atoms in total. The summed E-state index contributed by atoms with van der Waals surface area (Å²) in [5, 5.41) is 8.60. The van der Waals surface area contributed by atoms with Crippen molar-refractivity contribution >= 4 is 27.9 Å². The standard InChI is InChI=1S/C8H8NO2.3CH3.Sn/c10-8(11)4-3-7-2-1-5-9-6-7;;;;/h2,5-6H,3-4H2,(H,10,11);3*1H3;. The average molecular weight is 314 g/mol. The van der Waals surface area contributed by atoms with Gasteiger partial charge in [-0.1, -0.05) is 0 Å². The maximum absolute atomic E-state index is 10.4. The van der Waals surface area contributed by atoms with Crippen LogP contribution in [0.25, 0.3) is 0 Å². The van der Waals surface area contributed by atoms with E-state index in [0.717, 1.165) is 5.56 Å². The van der Waals surface area contributed by atoms with Crippen LogP contribution >= 0.6 is 0 Å².